The second-order valence-corrected chi connectivity index (χ2v) is 9.28. The number of aromatic nitrogens is 1. The number of piperazine rings is 1. The molecule has 0 saturated carbocycles. The van der Waals surface area contributed by atoms with Crippen molar-refractivity contribution in [2.24, 2.45) is 0 Å². The van der Waals surface area contributed by atoms with E-state index in [1.54, 1.807) is 40.3 Å². The third-order valence-corrected chi connectivity index (χ3v) is 6.03. The molecule has 0 atom stereocenters. The Labute approximate surface area is 209 Å². The number of rotatable bonds is 4. The standard InChI is InChI=1S/C18H19N3O4.C7H8O3S/c22-17(24-14-15-5-2-1-3-6-15)20-9-11-21(12-10-20)18(23)25-16-7-4-8-19-13-16;1-6-2-4-7(5-3-6)11(8,9)10/h1-8,13H,9-12,14H2;2-5H,1H3,(H,8,9,10). The monoisotopic (exact) mass is 513 g/mol. The molecule has 2 heterocycles. The molecule has 3 aromatic rings. The molecule has 1 aromatic heterocycles. The zero-order chi connectivity index (χ0) is 26.0. The molecule has 4 rings (SSSR count). The summed E-state index contributed by atoms with van der Waals surface area (Å²) in [7, 11) is -4.02. The van der Waals surface area contributed by atoms with Crippen molar-refractivity contribution in [3.05, 3.63) is 90.3 Å². The first-order chi connectivity index (χ1) is 17.2. The minimum absolute atomic E-state index is 0.0666. The molecule has 0 spiro atoms. The molecule has 0 aliphatic carbocycles. The van der Waals surface area contributed by atoms with Gasteiger partial charge in [0.1, 0.15) is 6.61 Å². The van der Waals surface area contributed by atoms with Gasteiger partial charge in [-0.3, -0.25) is 9.54 Å². The van der Waals surface area contributed by atoms with Gasteiger partial charge < -0.3 is 19.3 Å². The van der Waals surface area contributed by atoms with Crippen LogP contribution in [-0.2, 0) is 21.5 Å². The number of ether oxygens (including phenoxy) is 2. The first-order valence-electron chi connectivity index (χ1n) is 11.1. The van der Waals surface area contributed by atoms with Gasteiger partial charge in [-0.25, -0.2) is 9.59 Å². The van der Waals surface area contributed by atoms with Gasteiger partial charge in [-0.05, 0) is 36.8 Å². The van der Waals surface area contributed by atoms with Crippen molar-refractivity contribution < 1.29 is 32.0 Å². The fourth-order valence-electron chi connectivity index (χ4n) is 3.17. The molecule has 11 heteroatoms. The van der Waals surface area contributed by atoms with Crippen molar-refractivity contribution >= 4 is 22.3 Å². The molecule has 1 N–H and O–H groups in total. The Morgan fingerprint density at radius 3 is 2.06 bits per heavy atom. The normalized spacial score (nSPS) is 13.3. The van der Waals surface area contributed by atoms with Gasteiger partial charge in [-0.15, -0.1) is 0 Å². The molecule has 190 valence electrons. The van der Waals surface area contributed by atoms with E-state index in [0.29, 0.717) is 31.9 Å². The quantitative estimate of drug-likeness (QED) is 0.523. The number of nitrogens with zero attached hydrogens (tertiary/aromatic N) is 3. The topological polar surface area (TPSA) is 126 Å². The highest BCUT2D eigenvalue weighted by Crippen LogP contribution is 2.12. The first-order valence-corrected chi connectivity index (χ1v) is 12.5. The van der Waals surface area contributed by atoms with Gasteiger partial charge in [-0.1, -0.05) is 48.0 Å². The largest absolute Gasteiger partial charge is 0.445 e. The van der Waals surface area contributed by atoms with E-state index >= 15 is 0 Å². The van der Waals surface area contributed by atoms with Gasteiger partial charge in [0.25, 0.3) is 10.1 Å². The van der Waals surface area contributed by atoms with Crippen LogP contribution in [0, 0.1) is 6.92 Å². The predicted octanol–water partition coefficient (Wildman–Crippen LogP) is 3.78. The van der Waals surface area contributed by atoms with E-state index in [1.807, 2.05) is 37.3 Å². The summed E-state index contributed by atoms with van der Waals surface area (Å²) in [6, 6.07) is 18.9. The Morgan fingerprint density at radius 1 is 0.889 bits per heavy atom. The summed E-state index contributed by atoms with van der Waals surface area (Å²) >= 11 is 0. The number of carbonyl (C=O) groups excluding carboxylic acids is 2. The molecule has 1 aliphatic rings. The van der Waals surface area contributed by atoms with Crippen molar-refractivity contribution in [2.45, 2.75) is 18.4 Å². The van der Waals surface area contributed by atoms with Crippen LogP contribution < -0.4 is 4.74 Å². The maximum atomic E-state index is 12.1. The van der Waals surface area contributed by atoms with E-state index in [2.05, 4.69) is 4.98 Å². The van der Waals surface area contributed by atoms with Crippen LogP contribution >= 0.6 is 0 Å². The molecule has 0 unspecified atom stereocenters. The molecule has 10 nitrogen and oxygen atoms in total. The lowest BCUT2D eigenvalue weighted by Gasteiger charge is -2.33. The SMILES string of the molecule is Cc1ccc(S(=O)(=O)O)cc1.O=C(OCc1ccccc1)N1CCN(C(=O)Oc2cccnc2)CC1. The Bertz CT molecular complexity index is 1230. The Morgan fingerprint density at radius 2 is 1.50 bits per heavy atom. The number of aryl methyl sites for hydroxylation is 1. The van der Waals surface area contributed by atoms with Crippen molar-refractivity contribution in [2.75, 3.05) is 26.2 Å². The van der Waals surface area contributed by atoms with Crippen molar-refractivity contribution in [3.63, 3.8) is 0 Å². The molecule has 1 fully saturated rings. The van der Waals surface area contributed by atoms with E-state index in [9.17, 15) is 18.0 Å². The van der Waals surface area contributed by atoms with E-state index in [-0.39, 0.29) is 17.6 Å². The highest BCUT2D eigenvalue weighted by atomic mass is 32.2. The summed E-state index contributed by atoms with van der Waals surface area (Å²) in [6.45, 7) is 3.71. The average Bonchev–Trinajstić information content (AvgIpc) is 2.89. The molecule has 0 radical (unpaired) electrons. The summed E-state index contributed by atoms with van der Waals surface area (Å²) in [6.07, 6.45) is 2.28. The minimum atomic E-state index is -4.02. The van der Waals surface area contributed by atoms with Crippen LogP contribution in [0.5, 0.6) is 5.75 Å². The van der Waals surface area contributed by atoms with E-state index in [0.717, 1.165) is 11.1 Å². The Kier molecular flexibility index (Phi) is 9.37. The van der Waals surface area contributed by atoms with Crippen LogP contribution in [0.25, 0.3) is 0 Å². The van der Waals surface area contributed by atoms with Crippen LogP contribution in [0.3, 0.4) is 0 Å². The number of hydrogen-bond donors (Lipinski definition) is 1. The average molecular weight is 514 g/mol. The molecular formula is C25H27N3O7S. The maximum Gasteiger partial charge on any atom is 0.415 e. The summed E-state index contributed by atoms with van der Waals surface area (Å²) in [5.74, 6) is 0.400. The lowest BCUT2D eigenvalue weighted by atomic mass is 10.2. The number of hydrogen-bond acceptors (Lipinski definition) is 7. The number of amides is 2. The lowest BCUT2D eigenvalue weighted by molar-refractivity contribution is 0.0705. The zero-order valence-corrected chi connectivity index (χ0v) is 20.5. The summed E-state index contributed by atoms with van der Waals surface area (Å²) in [4.78, 5) is 31.2. The second-order valence-electron chi connectivity index (χ2n) is 7.86. The van der Waals surface area contributed by atoms with Gasteiger partial charge in [0.15, 0.2) is 5.75 Å². The van der Waals surface area contributed by atoms with Gasteiger partial charge >= 0.3 is 12.2 Å². The fourth-order valence-corrected chi connectivity index (χ4v) is 3.65. The predicted molar refractivity (Wildman–Crippen MR) is 131 cm³/mol. The van der Waals surface area contributed by atoms with E-state index in [1.165, 1.54) is 18.3 Å². The van der Waals surface area contributed by atoms with Crippen LogP contribution in [0.4, 0.5) is 9.59 Å². The lowest BCUT2D eigenvalue weighted by Crippen LogP contribution is -2.51. The van der Waals surface area contributed by atoms with Crippen LogP contribution in [0.1, 0.15) is 11.1 Å². The first kappa shape index (κ1) is 26.6. The summed E-state index contributed by atoms with van der Waals surface area (Å²) in [5, 5.41) is 0. The van der Waals surface area contributed by atoms with Crippen molar-refractivity contribution in [1.82, 2.24) is 14.8 Å². The number of benzene rings is 2. The molecule has 36 heavy (non-hydrogen) atoms. The summed E-state index contributed by atoms with van der Waals surface area (Å²) in [5.41, 5.74) is 1.90. The van der Waals surface area contributed by atoms with Crippen molar-refractivity contribution in [3.8, 4) is 5.75 Å². The molecule has 1 aliphatic heterocycles. The third-order valence-electron chi connectivity index (χ3n) is 5.16. The van der Waals surface area contributed by atoms with E-state index in [4.69, 9.17) is 14.0 Å². The molecule has 2 amide bonds. The van der Waals surface area contributed by atoms with Gasteiger partial charge in [0.2, 0.25) is 0 Å². The van der Waals surface area contributed by atoms with E-state index < -0.39 is 16.2 Å². The van der Waals surface area contributed by atoms with Gasteiger partial charge in [-0.2, -0.15) is 8.42 Å². The van der Waals surface area contributed by atoms with Crippen LogP contribution in [0.2, 0.25) is 0 Å². The molecular weight excluding hydrogens is 486 g/mol. The molecule has 0 bridgehead atoms. The maximum absolute atomic E-state index is 12.1. The Balaban J connectivity index is 0.000000275. The summed E-state index contributed by atoms with van der Waals surface area (Å²) < 4.78 is 40.1. The van der Waals surface area contributed by atoms with Gasteiger partial charge in [0, 0.05) is 32.4 Å². The highest BCUT2D eigenvalue weighted by molar-refractivity contribution is 7.85. The second kappa shape index (κ2) is 12.7. The van der Waals surface area contributed by atoms with Crippen LogP contribution in [-0.4, -0.2) is 66.1 Å². The minimum Gasteiger partial charge on any atom is -0.445 e. The number of pyridine rings is 1. The smallest absolute Gasteiger partial charge is 0.415 e. The van der Waals surface area contributed by atoms with Crippen molar-refractivity contribution in [1.29, 1.82) is 0 Å². The Hall–Kier alpha value is -3.96. The molecule has 1 saturated heterocycles. The fraction of sp³-hybridized carbons (Fsp3) is 0.240. The molecule has 2 aromatic carbocycles. The van der Waals surface area contributed by atoms with Gasteiger partial charge in [0.05, 0.1) is 11.1 Å². The highest BCUT2D eigenvalue weighted by Gasteiger charge is 2.26. The van der Waals surface area contributed by atoms with Crippen LogP contribution in [0.15, 0.2) is 84.0 Å². The third kappa shape index (κ3) is 8.36. The number of carbonyl (C=O) groups is 2. The zero-order valence-electron chi connectivity index (χ0n) is 19.7.